The topological polar surface area (TPSA) is 81.1 Å². The van der Waals surface area contributed by atoms with Crippen molar-refractivity contribution < 1.29 is 19.8 Å². The molecule has 2 aromatic rings. The van der Waals surface area contributed by atoms with Crippen molar-refractivity contribution >= 4 is 23.6 Å². The molecule has 0 radical (unpaired) electrons. The van der Waals surface area contributed by atoms with E-state index in [4.69, 9.17) is 0 Å². The van der Waals surface area contributed by atoms with Crippen LogP contribution in [0.15, 0.2) is 48.5 Å². The van der Waals surface area contributed by atoms with Crippen LogP contribution in [-0.4, -0.2) is 35.5 Å². The van der Waals surface area contributed by atoms with E-state index < -0.39 is 12.2 Å². The lowest BCUT2D eigenvalue weighted by Gasteiger charge is -2.33. The first-order valence-corrected chi connectivity index (χ1v) is 15.4. The summed E-state index contributed by atoms with van der Waals surface area (Å²) in [6, 6.07) is 15.8. The van der Waals surface area contributed by atoms with E-state index in [0.717, 1.165) is 25.7 Å². The van der Waals surface area contributed by atoms with Crippen molar-refractivity contribution in [2.75, 3.05) is 22.9 Å². The molecule has 0 spiro atoms. The molecule has 0 saturated heterocycles. The lowest BCUT2D eigenvalue weighted by atomic mass is 9.72. The van der Waals surface area contributed by atoms with E-state index in [0.29, 0.717) is 37.3 Å². The number of benzene rings is 2. The van der Waals surface area contributed by atoms with E-state index in [1.54, 1.807) is 0 Å². The third-order valence-corrected chi connectivity index (χ3v) is 7.84. The highest BCUT2D eigenvalue weighted by molar-refractivity contribution is 5.86. The maximum atomic E-state index is 12.0. The summed E-state index contributed by atoms with van der Waals surface area (Å²) >= 11 is 0. The van der Waals surface area contributed by atoms with Crippen molar-refractivity contribution in [3.05, 3.63) is 59.7 Å². The average molecular weight is 581 g/mol. The highest BCUT2D eigenvalue weighted by Gasteiger charge is 2.28. The molecule has 42 heavy (non-hydrogen) atoms. The zero-order chi connectivity index (χ0) is 31.9. The van der Waals surface area contributed by atoms with Gasteiger partial charge in [-0.05, 0) is 82.7 Å². The molecule has 234 valence electrons. The van der Waals surface area contributed by atoms with Crippen LogP contribution in [0, 0.1) is 10.8 Å². The maximum absolute atomic E-state index is 12.0. The Morgan fingerprint density at radius 3 is 1.05 bits per heavy atom. The monoisotopic (exact) mass is 580 g/mol. The Hall–Kier alpha value is -3.02. The molecule has 0 heterocycles. The molecular weight excluding hydrogens is 524 g/mol. The summed E-state index contributed by atoms with van der Waals surface area (Å²) in [5, 5.41) is 19.7. The summed E-state index contributed by atoms with van der Waals surface area (Å²) in [7, 11) is 0. The van der Waals surface area contributed by atoms with Crippen LogP contribution in [0.2, 0.25) is 0 Å². The second-order valence-electron chi connectivity index (χ2n) is 15.6. The molecule has 0 aliphatic heterocycles. The van der Waals surface area contributed by atoms with E-state index >= 15 is 0 Å². The fourth-order valence-corrected chi connectivity index (χ4v) is 6.60. The van der Waals surface area contributed by atoms with Crippen molar-refractivity contribution in [1.29, 1.82) is 0 Å². The van der Waals surface area contributed by atoms with Crippen LogP contribution in [0.25, 0.3) is 0 Å². The van der Waals surface area contributed by atoms with Crippen molar-refractivity contribution in [3.63, 3.8) is 0 Å². The molecule has 2 rings (SSSR count). The van der Waals surface area contributed by atoms with Crippen molar-refractivity contribution in [2.45, 2.75) is 119 Å². The van der Waals surface area contributed by atoms with Gasteiger partial charge in [-0.1, -0.05) is 106 Å². The summed E-state index contributed by atoms with van der Waals surface area (Å²) < 4.78 is 0. The third kappa shape index (κ3) is 11.0. The average Bonchev–Trinajstić information content (AvgIpc) is 2.82. The molecule has 0 aliphatic carbocycles. The number of hydrogen-bond donors (Lipinski definition) is 2. The third-order valence-electron chi connectivity index (χ3n) is 7.84. The van der Waals surface area contributed by atoms with Crippen LogP contribution >= 0.6 is 0 Å². The number of carboxylic acid groups (broad SMARTS) is 2. The molecule has 0 aromatic heterocycles. The van der Waals surface area contributed by atoms with Crippen LogP contribution in [0.1, 0.15) is 119 Å². The van der Waals surface area contributed by atoms with Crippen molar-refractivity contribution in [3.8, 4) is 0 Å². The van der Waals surface area contributed by atoms with Gasteiger partial charge in [-0.3, -0.25) is 9.80 Å². The number of carbonyl (C=O) groups is 2. The molecule has 0 unspecified atom stereocenters. The Kier molecular flexibility index (Phi) is 11.7. The summed E-state index contributed by atoms with van der Waals surface area (Å²) in [6.07, 6.45) is 3.24. The van der Waals surface area contributed by atoms with Crippen LogP contribution in [0.5, 0.6) is 0 Å². The van der Waals surface area contributed by atoms with Gasteiger partial charge in [-0.25, -0.2) is 9.59 Å². The minimum atomic E-state index is -0.956. The summed E-state index contributed by atoms with van der Waals surface area (Å²) in [4.78, 5) is 26.9. The maximum Gasteiger partial charge on any atom is 0.411 e. The first kappa shape index (κ1) is 35.2. The molecule has 0 atom stereocenters. The van der Waals surface area contributed by atoms with Crippen LogP contribution in [0.4, 0.5) is 21.0 Å². The molecule has 6 nitrogen and oxygen atoms in total. The van der Waals surface area contributed by atoms with Gasteiger partial charge in [0.2, 0.25) is 0 Å². The lowest BCUT2D eigenvalue weighted by molar-refractivity contribution is 0.200. The summed E-state index contributed by atoms with van der Waals surface area (Å²) in [6.45, 7) is 23.2. The van der Waals surface area contributed by atoms with Gasteiger partial charge in [0, 0.05) is 24.5 Å². The molecule has 2 amide bonds. The number of hydrogen-bond acceptors (Lipinski definition) is 2. The van der Waals surface area contributed by atoms with Crippen LogP contribution in [-0.2, 0) is 10.8 Å². The highest BCUT2D eigenvalue weighted by atomic mass is 16.4. The quantitative estimate of drug-likeness (QED) is 0.231. The Morgan fingerprint density at radius 2 is 0.810 bits per heavy atom. The first-order valence-electron chi connectivity index (χ1n) is 15.4. The Labute approximate surface area is 255 Å². The predicted octanol–water partition coefficient (Wildman–Crippen LogP) is 10.3. The fraction of sp³-hybridized carbons (Fsp3) is 0.611. The molecule has 6 heteroatoms. The minimum absolute atomic E-state index is 0.000445. The number of anilines is 2. The van der Waals surface area contributed by atoms with Gasteiger partial charge < -0.3 is 10.2 Å². The standard InChI is InChI=1S/C36H56N2O4/c1-33(2,3)25-35(7,8)27-15-19-29(20-16-27)37(31(39)40)23-13-11-12-14-24-38(32(41)42)30-21-17-28(18-22-30)36(9,10)26-34(4,5)6/h15-22H,11-14,23-26H2,1-10H3,(H,39,40)(H,41,42). The summed E-state index contributed by atoms with van der Waals surface area (Å²) in [5.41, 5.74) is 4.18. The molecule has 0 aliphatic rings. The zero-order valence-corrected chi connectivity index (χ0v) is 27.9. The van der Waals surface area contributed by atoms with Crippen LogP contribution < -0.4 is 9.80 Å². The first-order chi connectivity index (χ1) is 19.2. The van der Waals surface area contributed by atoms with Gasteiger partial charge in [0.1, 0.15) is 0 Å². The van der Waals surface area contributed by atoms with E-state index in [-0.39, 0.29) is 21.7 Å². The SMILES string of the molecule is CC(C)(C)CC(C)(C)c1ccc(N(CCCCCCN(C(=O)O)c2ccc(C(C)(C)CC(C)(C)C)cc2)C(=O)O)cc1. The Morgan fingerprint density at radius 1 is 0.524 bits per heavy atom. The molecule has 0 fully saturated rings. The second-order valence-corrected chi connectivity index (χ2v) is 15.6. The van der Waals surface area contributed by atoms with Crippen LogP contribution in [0.3, 0.4) is 0 Å². The van der Waals surface area contributed by atoms with E-state index in [1.807, 2.05) is 24.3 Å². The smallest absolute Gasteiger partial charge is 0.411 e. The van der Waals surface area contributed by atoms with E-state index in [1.165, 1.54) is 20.9 Å². The minimum Gasteiger partial charge on any atom is -0.465 e. The molecule has 2 N–H and O–H groups in total. The number of rotatable bonds is 13. The lowest BCUT2D eigenvalue weighted by Crippen LogP contribution is -2.31. The Balaban J connectivity index is 1.91. The van der Waals surface area contributed by atoms with Gasteiger partial charge in [0.05, 0.1) is 0 Å². The van der Waals surface area contributed by atoms with Crippen molar-refractivity contribution in [2.24, 2.45) is 10.8 Å². The van der Waals surface area contributed by atoms with Gasteiger partial charge in [0.15, 0.2) is 0 Å². The van der Waals surface area contributed by atoms with Gasteiger partial charge >= 0.3 is 12.2 Å². The normalized spacial score (nSPS) is 12.7. The molecule has 2 aromatic carbocycles. The van der Waals surface area contributed by atoms with Gasteiger partial charge in [-0.2, -0.15) is 0 Å². The predicted molar refractivity (Wildman–Crippen MR) is 176 cm³/mol. The fourth-order valence-electron chi connectivity index (χ4n) is 6.60. The summed E-state index contributed by atoms with van der Waals surface area (Å²) in [5.74, 6) is 0. The molecular formula is C36H56N2O4. The number of amides is 2. The Bertz CT molecular complexity index is 1060. The molecule has 0 bridgehead atoms. The van der Waals surface area contributed by atoms with Gasteiger partial charge in [-0.15, -0.1) is 0 Å². The molecule has 0 saturated carbocycles. The zero-order valence-electron chi connectivity index (χ0n) is 27.9. The van der Waals surface area contributed by atoms with Gasteiger partial charge in [0.25, 0.3) is 0 Å². The van der Waals surface area contributed by atoms with Crippen molar-refractivity contribution in [1.82, 2.24) is 0 Å². The highest BCUT2D eigenvalue weighted by Crippen LogP contribution is 2.38. The largest absolute Gasteiger partial charge is 0.465 e. The number of unbranched alkanes of at least 4 members (excludes halogenated alkanes) is 3. The van der Waals surface area contributed by atoms with E-state index in [2.05, 4.69) is 93.5 Å². The van der Waals surface area contributed by atoms with E-state index in [9.17, 15) is 19.8 Å². The second kappa shape index (κ2) is 14.0. The number of nitrogens with zero attached hydrogens (tertiary/aromatic N) is 2.